The Morgan fingerprint density at radius 2 is 1.02 bits per heavy atom. The Labute approximate surface area is 300 Å². The number of hydrogen-bond acceptors (Lipinski definition) is 6. The maximum Gasteiger partial charge on any atom is 0.416 e. The lowest BCUT2D eigenvalue weighted by Gasteiger charge is -2.43. The third kappa shape index (κ3) is 6.27. The zero-order valence-corrected chi connectivity index (χ0v) is 27.2. The van der Waals surface area contributed by atoms with Gasteiger partial charge in [-0.1, -0.05) is 11.6 Å². The van der Waals surface area contributed by atoms with Crippen LogP contribution in [-0.2, 0) is 50.5 Å². The van der Waals surface area contributed by atoms with Gasteiger partial charge < -0.3 is 9.52 Å². The number of carbonyl (C=O) groups is 4. The molecule has 0 spiro atoms. The van der Waals surface area contributed by atoms with Gasteiger partial charge in [0.1, 0.15) is 18.1 Å². The molecule has 1 aromatic heterocycles. The molecule has 2 saturated heterocycles. The SMILES string of the molecule is O=C1C2CC=C3C(CC4C(=O)N(c5cc(C(F)(F)F)cc(C(F)(F)F)c5)C(=O)C4C3c3ccc(CO)o3)C2C(=O)N1c1cc(C(F)(F)F)cc(C(F)(F)F)c1. The van der Waals surface area contributed by atoms with Crippen molar-refractivity contribution in [3.8, 4) is 0 Å². The molecular weight excluding hydrogens is 772 g/mol. The number of halogens is 12. The minimum absolute atomic E-state index is 0.0763. The van der Waals surface area contributed by atoms with Crippen LogP contribution < -0.4 is 9.80 Å². The summed E-state index contributed by atoms with van der Waals surface area (Å²) in [6.45, 7) is -0.684. The van der Waals surface area contributed by atoms with Crippen LogP contribution >= 0.6 is 0 Å². The zero-order chi connectivity index (χ0) is 40.3. The average molecular weight is 795 g/mol. The smallest absolute Gasteiger partial charge is 0.416 e. The molecule has 292 valence electrons. The molecule has 1 N–H and O–H groups in total. The maximum absolute atomic E-state index is 14.1. The van der Waals surface area contributed by atoms with Crippen molar-refractivity contribution in [2.24, 2.45) is 29.6 Å². The summed E-state index contributed by atoms with van der Waals surface area (Å²) < 4.78 is 171. The fourth-order valence-corrected chi connectivity index (χ4v) is 8.20. The molecule has 4 amide bonds. The van der Waals surface area contributed by atoms with Gasteiger partial charge in [-0.15, -0.1) is 0 Å². The molecule has 8 nitrogen and oxygen atoms in total. The topological polar surface area (TPSA) is 108 Å². The molecule has 0 bridgehead atoms. The highest BCUT2D eigenvalue weighted by atomic mass is 19.4. The van der Waals surface area contributed by atoms with Crippen LogP contribution in [0.3, 0.4) is 0 Å². The summed E-state index contributed by atoms with van der Waals surface area (Å²) in [4.78, 5) is 56.3. The van der Waals surface area contributed by atoms with Gasteiger partial charge in [-0.2, -0.15) is 52.7 Å². The maximum atomic E-state index is 14.1. The number of allylic oxidation sites excluding steroid dienone is 2. The van der Waals surface area contributed by atoms with E-state index < -0.39 is 130 Å². The quantitative estimate of drug-likeness (QED) is 0.164. The Balaban J connectivity index is 1.33. The first-order chi connectivity index (χ1) is 25.4. The van der Waals surface area contributed by atoms with E-state index in [1.165, 1.54) is 18.2 Å². The van der Waals surface area contributed by atoms with Crippen molar-refractivity contribution in [1.29, 1.82) is 0 Å². The van der Waals surface area contributed by atoms with E-state index in [1.807, 2.05) is 0 Å². The first kappa shape index (κ1) is 38.1. The number of alkyl halides is 12. The highest BCUT2D eigenvalue weighted by Crippen LogP contribution is 2.59. The molecule has 2 aromatic carbocycles. The van der Waals surface area contributed by atoms with Crippen molar-refractivity contribution in [3.05, 3.63) is 94.0 Å². The lowest BCUT2D eigenvalue weighted by atomic mass is 9.58. The van der Waals surface area contributed by atoms with Gasteiger partial charge in [0.15, 0.2) is 0 Å². The van der Waals surface area contributed by atoms with Crippen molar-refractivity contribution in [1.82, 2.24) is 0 Å². The van der Waals surface area contributed by atoms with E-state index in [4.69, 9.17) is 4.42 Å². The molecule has 55 heavy (non-hydrogen) atoms. The standard InChI is InChI=1S/C35H22F12N2O6/c36-32(37,38)13-5-14(33(39,40)41)8-17(7-13)48-28(51)21-3-2-20-22(25(21)30(48)53)11-23-27(26(20)24-4-1-19(12-50)55-24)31(54)49(29(23)52)18-9-15(34(42,43)44)6-16(10-18)35(45,46)47/h1-2,4-10,21-23,25-27,50H,3,11-12H2. The number of rotatable bonds is 4. The summed E-state index contributed by atoms with van der Waals surface area (Å²) in [7, 11) is 0. The molecule has 3 fully saturated rings. The Bertz CT molecular complexity index is 2100. The lowest BCUT2D eigenvalue weighted by Crippen LogP contribution is -2.43. The number of nitrogens with zero attached hydrogens (tertiary/aromatic N) is 2. The average Bonchev–Trinajstić information content (AvgIpc) is 3.74. The molecule has 2 aliphatic heterocycles. The monoisotopic (exact) mass is 794 g/mol. The second kappa shape index (κ2) is 12.4. The first-order valence-electron chi connectivity index (χ1n) is 16.2. The molecule has 2 aliphatic carbocycles. The van der Waals surface area contributed by atoms with Gasteiger partial charge in [-0.25, -0.2) is 9.80 Å². The van der Waals surface area contributed by atoms with E-state index in [1.54, 1.807) is 0 Å². The van der Waals surface area contributed by atoms with Crippen LogP contribution in [0.2, 0.25) is 0 Å². The Morgan fingerprint density at radius 1 is 0.582 bits per heavy atom. The van der Waals surface area contributed by atoms with Crippen molar-refractivity contribution >= 4 is 35.0 Å². The van der Waals surface area contributed by atoms with Gasteiger partial charge in [0.05, 0.1) is 63.2 Å². The number of amides is 4. The number of carbonyl (C=O) groups excluding carboxylic acids is 4. The van der Waals surface area contributed by atoms with Crippen LogP contribution in [-0.4, -0.2) is 28.7 Å². The number of fused-ring (bicyclic) bond motifs is 4. The summed E-state index contributed by atoms with van der Waals surface area (Å²) in [6.07, 6.45) is -20.9. The minimum Gasteiger partial charge on any atom is -0.463 e. The molecule has 1 saturated carbocycles. The van der Waals surface area contributed by atoms with Crippen LogP contribution in [0.25, 0.3) is 0 Å². The highest BCUT2D eigenvalue weighted by Gasteiger charge is 2.63. The molecule has 4 aliphatic rings. The number of imide groups is 2. The predicted molar refractivity (Wildman–Crippen MR) is 160 cm³/mol. The third-order valence-electron chi connectivity index (χ3n) is 10.5. The van der Waals surface area contributed by atoms with Gasteiger partial charge >= 0.3 is 24.7 Å². The third-order valence-corrected chi connectivity index (χ3v) is 10.5. The van der Waals surface area contributed by atoms with Crippen molar-refractivity contribution in [2.75, 3.05) is 9.80 Å². The van der Waals surface area contributed by atoms with Crippen molar-refractivity contribution < 1.29 is 81.4 Å². The molecule has 6 unspecified atom stereocenters. The van der Waals surface area contributed by atoms with E-state index in [9.17, 15) is 77.0 Å². The summed E-state index contributed by atoms with van der Waals surface area (Å²) in [5.41, 5.74) is -9.26. The van der Waals surface area contributed by atoms with Gasteiger partial charge in [-0.05, 0) is 67.3 Å². The van der Waals surface area contributed by atoms with Crippen molar-refractivity contribution in [3.63, 3.8) is 0 Å². The Morgan fingerprint density at radius 3 is 1.44 bits per heavy atom. The Hall–Kier alpha value is -5.14. The van der Waals surface area contributed by atoms with Crippen LogP contribution in [0.15, 0.2) is 64.6 Å². The molecule has 20 heteroatoms. The molecule has 0 radical (unpaired) electrons. The second-order valence-electron chi connectivity index (χ2n) is 13.5. The van der Waals surface area contributed by atoms with Crippen molar-refractivity contribution in [2.45, 2.75) is 50.1 Å². The summed E-state index contributed by atoms with van der Waals surface area (Å²) in [5.74, 6) is -13.9. The summed E-state index contributed by atoms with van der Waals surface area (Å²) >= 11 is 0. The van der Waals surface area contributed by atoms with E-state index in [0.29, 0.717) is 0 Å². The van der Waals surface area contributed by atoms with Crippen LogP contribution in [0.1, 0.15) is 52.5 Å². The molecular formula is C35H22F12N2O6. The number of aliphatic hydroxyl groups is 1. The fraction of sp³-hybridized carbons (Fsp3) is 0.371. The van der Waals surface area contributed by atoms with E-state index in [0.717, 1.165) is 0 Å². The number of benzene rings is 2. The second-order valence-corrected chi connectivity index (χ2v) is 13.5. The van der Waals surface area contributed by atoms with Crippen LogP contribution in [0.4, 0.5) is 64.1 Å². The summed E-state index contributed by atoms with van der Waals surface area (Å²) in [6, 6.07) is 2.86. The first-order valence-corrected chi connectivity index (χ1v) is 16.2. The van der Waals surface area contributed by atoms with E-state index >= 15 is 0 Å². The number of aliphatic hydroxyl groups excluding tert-OH is 1. The largest absolute Gasteiger partial charge is 0.463 e. The van der Waals surface area contributed by atoms with E-state index in [-0.39, 0.29) is 69.7 Å². The molecule has 7 rings (SSSR count). The van der Waals surface area contributed by atoms with Gasteiger partial charge in [0, 0.05) is 0 Å². The summed E-state index contributed by atoms with van der Waals surface area (Å²) in [5, 5.41) is 9.65. The number of furan rings is 1. The lowest BCUT2D eigenvalue weighted by molar-refractivity contribution is -0.144. The molecule has 6 atom stereocenters. The normalized spacial score (nSPS) is 26.0. The predicted octanol–water partition coefficient (Wildman–Crippen LogP) is 7.89. The van der Waals surface area contributed by atoms with Crippen LogP contribution in [0.5, 0.6) is 0 Å². The van der Waals surface area contributed by atoms with Gasteiger partial charge in [0.25, 0.3) is 0 Å². The zero-order valence-electron chi connectivity index (χ0n) is 27.2. The van der Waals surface area contributed by atoms with Gasteiger partial charge in [-0.3, -0.25) is 19.2 Å². The number of hydrogen-bond donors (Lipinski definition) is 1. The molecule has 3 aromatic rings. The van der Waals surface area contributed by atoms with Gasteiger partial charge in [0.2, 0.25) is 23.6 Å². The highest BCUT2D eigenvalue weighted by molar-refractivity contribution is 6.24. The minimum atomic E-state index is -5.36. The van der Waals surface area contributed by atoms with Crippen LogP contribution in [0, 0.1) is 29.6 Å². The number of anilines is 2. The van der Waals surface area contributed by atoms with E-state index in [2.05, 4.69) is 0 Å². The molecule has 3 heterocycles. The Kier molecular flexibility index (Phi) is 8.63. The fourth-order valence-electron chi connectivity index (χ4n) is 8.20.